The van der Waals surface area contributed by atoms with Crippen molar-refractivity contribution in [2.24, 2.45) is 0 Å². The molecule has 1 heterocycles. The van der Waals surface area contributed by atoms with E-state index in [4.69, 9.17) is 11.6 Å². The molecule has 0 spiro atoms. The average molecular weight is 255 g/mol. The zero-order valence-corrected chi connectivity index (χ0v) is 11.6. The van der Waals surface area contributed by atoms with Gasteiger partial charge in [0, 0.05) is 11.8 Å². The van der Waals surface area contributed by atoms with Crippen LogP contribution in [0.2, 0.25) is 5.15 Å². The third kappa shape index (κ3) is 4.00. The molecule has 1 aromatic heterocycles. The molecule has 1 N–H and O–H groups in total. The SMILES string of the molecule is CCCC(=O)Nc1ccc(Cl)nc1C(C)(C)C. The number of aromatic nitrogens is 1. The fourth-order valence-corrected chi connectivity index (χ4v) is 1.70. The highest BCUT2D eigenvalue weighted by Crippen LogP contribution is 2.29. The van der Waals surface area contributed by atoms with E-state index < -0.39 is 0 Å². The molecule has 0 aliphatic carbocycles. The van der Waals surface area contributed by atoms with Crippen LogP contribution in [0, 0.1) is 0 Å². The van der Waals surface area contributed by atoms with Crippen molar-refractivity contribution in [2.45, 2.75) is 46.0 Å². The Morgan fingerprint density at radius 2 is 2.06 bits per heavy atom. The van der Waals surface area contributed by atoms with Crippen LogP contribution in [-0.4, -0.2) is 10.9 Å². The molecule has 0 bridgehead atoms. The maximum Gasteiger partial charge on any atom is 0.224 e. The Balaban J connectivity index is 3.03. The van der Waals surface area contributed by atoms with Crippen molar-refractivity contribution < 1.29 is 4.79 Å². The van der Waals surface area contributed by atoms with Crippen LogP contribution in [0.15, 0.2) is 12.1 Å². The Morgan fingerprint density at radius 1 is 1.41 bits per heavy atom. The zero-order valence-electron chi connectivity index (χ0n) is 10.8. The Bertz CT molecular complexity index is 410. The molecule has 0 fully saturated rings. The number of carbonyl (C=O) groups excluding carboxylic acids is 1. The molecule has 0 unspecified atom stereocenters. The van der Waals surface area contributed by atoms with Crippen molar-refractivity contribution in [1.82, 2.24) is 4.98 Å². The number of halogens is 1. The van der Waals surface area contributed by atoms with Crippen molar-refractivity contribution in [2.75, 3.05) is 5.32 Å². The molecule has 94 valence electrons. The van der Waals surface area contributed by atoms with E-state index >= 15 is 0 Å². The lowest BCUT2D eigenvalue weighted by Crippen LogP contribution is -2.20. The Kier molecular flexibility index (Phi) is 4.52. The third-order valence-electron chi connectivity index (χ3n) is 2.32. The lowest BCUT2D eigenvalue weighted by molar-refractivity contribution is -0.116. The standard InChI is InChI=1S/C13H19ClN2O/c1-5-6-11(17)15-9-7-8-10(14)16-12(9)13(2,3)4/h7-8H,5-6H2,1-4H3,(H,15,17). The van der Waals surface area contributed by atoms with Gasteiger partial charge in [0.25, 0.3) is 0 Å². The lowest BCUT2D eigenvalue weighted by Gasteiger charge is -2.21. The summed E-state index contributed by atoms with van der Waals surface area (Å²) in [6.45, 7) is 8.10. The topological polar surface area (TPSA) is 42.0 Å². The predicted octanol–water partition coefficient (Wildman–Crippen LogP) is 3.77. The van der Waals surface area contributed by atoms with Crippen LogP contribution in [0.4, 0.5) is 5.69 Å². The Hall–Kier alpha value is -1.09. The number of nitrogens with zero attached hydrogens (tertiary/aromatic N) is 1. The van der Waals surface area contributed by atoms with E-state index in [0.717, 1.165) is 17.8 Å². The summed E-state index contributed by atoms with van der Waals surface area (Å²) in [7, 11) is 0. The molecule has 17 heavy (non-hydrogen) atoms. The number of hydrogen-bond acceptors (Lipinski definition) is 2. The first-order chi connectivity index (χ1) is 7.84. The van der Waals surface area contributed by atoms with E-state index in [0.29, 0.717) is 11.6 Å². The summed E-state index contributed by atoms with van der Waals surface area (Å²) in [5, 5.41) is 3.33. The fraction of sp³-hybridized carbons (Fsp3) is 0.538. The number of amides is 1. The maximum absolute atomic E-state index is 11.6. The van der Waals surface area contributed by atoms with E-state index in [-0.39, 0.29) is 11.3 Å². The summed E-state index contributed by atoms with van der Waals surface area (Å²) >= 11 is 5.90. The van der Waals surface area contributed by atoms with Gasteiger partial charge in [-0.1, -0.05) is 39.3 Å². The molecule has 1 rings (SSSR count). The lowest BCUT2D eigenvalue weighted by atomic mass is 9.90. The largest absolute Gasteiger partial charge is 0.324 e. The molecule has 1 aromatic rings. The minimum Gasteiger partial charge on any atom is -0.324 e. The average Bonchev–Trinajstić information content (AvgIpc) is 2.19. The van der Waals surface area contributed by atoms with Gasteiger partial charge in [0.05, 0.1) is 11.4 Å². The van der Waals surface area contributed by atoms with Gasteiger partial charge in [-0.05, 0) is 18.6 Å². The molecule has 0 saturated carbocycles. The number of rotatable bonds is 3. The van der Waals surface area contributed by atoms with E-state index in [9.17, 15) is 4.79 Å². The zero-order chi connectivity index (χ0) is 13.1. The molecule has 0 aliphatic heterocycles. The highest BCUT2D eigenvalue weighted by Gasteiger charge is 2.21. The molecular formula is C13H19ClN2O. The number of nitrogens with one attached hydrogen (secondary N) is 1. The summed E-state index contributed by atoms with van der Waals surface area (Å²) in [5.74, 6) is 0.0159. The number of anilines is 1. The molecule has 4 heteroatoms. The van der Waals surface area contributed by atoms with Crippen molar-refractivity contribution >= 4 is 23.2 Å². The molecule has 0 radical (unpaired) electrons. The van der Waals surface area contributed by atoms with Crippen LogP contribution >= 0.6 is 11.6 Å². The van der Waals surface area contributed by atoms with Crippen LogP contribution in [0.1, 0.15) is 46.2 Å². The molecule has 0 saturated heterocycles. The van der Waals surface area contributed by atoms with Crippen molar-refractivity contribution in [1.29, 1.82) is 0 Å². The quantitative estimate of drug-likeness (QED) is 0.835. The van der Waals surface area contributed by atoms with Gasteiger partial charge < -0.3 is 5.32 Å². The van der Waals surface area contributed by atoms with Gasteiger partial charge >= 0.3 is 0 Å². The number of carbonyl (C=O) groups is 1. The molecule has 1 amide bonds. The highest BCUT2D eigenvalue weighted by molar-refractivity contribution is 6.29. The van der Waals surface area contributed by atoms with E-state index in [1.165, 1.54) is 0 Å². The normalized spacial score (nSPS) is 11.4. The second kappa shape index (κ2) is 5.50. The van der Waals surface area contributed by atoms with Crippen LogP contribution in [0.5, 0.6) is 0 Å². The molecule has 0 atom stereocenters. The van der Waals surface area contributed by atoms with Crippen LogP contribution in [-0.2, 0) is 10.2 Å². The second-order valence-corrected chi connectivity index (χ2v) is 5.47. The van der Waals surface area contributed by atoms with Gasteiger partial charge in [-0.15, -0.1) is 0 Å². The highest BCUT2D eigenvalue weighted by atomic mass is 35.5. The fourth-order valence-electron chi connectivity index (χ4n) is 1.55. The van der Waals surface area contributed by atoms with E-state index in [2.05, 4.69) is 10.3 Å². The minimum atomic E-state index is -0.153. The van der Waals surface area contributed by atoms with Gasteiger partial charge in [-0.25, -0.2) is 4.98 Å². The first-order valence-corrected chi connectivity index (χ1v) is 6.19. The third-order valence-corrected chi connectivity index (χ3v) is 2.53. The monoisotopic (exact) mass is 254 g/mol. The Labute approximate surface area is 108 Å². The summed E-state index contributed by atoms with van der Waals surface area (Å²) in [6.07, 6.45) is 1.35. The molecule has 3 nitrogen and oxygen atoms in total. The smallest absolute Gasteiger partial charge is 0.224 e. The van der Waals surface area contributed by atoms with Crippen molar-refractivity contribution in [3.8, 4) is 0 Å². The summed E-state index contributed by atoms with van der Waals surface area (Å²) in [5.41, 5.74) is 1.41. The van der Waals surface area contributed by atoms with Crippen LogP contribution < -0.4 is 5.32 Å². The first kappa shape index (κ1) is 14.0. The van der Waals surface area contributed by atoms with Crippen molar-refractivity contribution in [3.63, 3.8) is 0 Å². The number of hydrogen-bond donors (Lipinski definition) is 1. The summed E-state index contributed by atoms with van der Waals surface area (Å²) < 4.78 is 0. The van der Waals surface area contributed by atoms with Crippen LogP contribution in [0.3, 0.4) is 0 Å². The van der Waals surface area contributed by atoms with Crippen molar-refractivity contribution in [3.05, 3.63) is 23.0 Å². The predicted molar refractivity (Wildman–Crippen MR) is 71.5 cm³/mol. The van der Waals surface area contributed by atoms with Gasteiger partial charge in [0.1, 0.15) is 5.15 Å². The van der Waals surface area contributed by atoms with Gasteiger partial charge in [0.15, 0.2) is 0 Å². The molecular weight excluding hydrogens is 236 g/mol. The minimum absolute atomic E-state index is 0.0159. The summed E-state index contributed by atoms with van der Waals surface area (Å²) in [4.78, 5) is 15.9. The van der Waals surface area contributed by atoms with E-state index in [1.54, 1.807) is 6.07 Å². The van der Waals surface area contributed by atoms with E-state index in [1.807, 2.05) is 33.8 Å². The molecule has 0 aliphatic rings. The molecule has 0 aromatic carbocycles. The maximum atomic E-state index is 11.6. The summed E-state index contributed by atoms with van der Waals surface area (Å²) in [6, 6.07) is 3.50. The van der Waals surface area contributed by atoms with Crippen LogP contribution in [0.25, 0.3) is 0 Å². The first-order valence-electron chi connectivity index (χ1n) is 5.81. The second-order valence-electron chi connectivity index (χ2n) is 5.08. The number of pyridine rings is 1. The van der Waals surface area contributed by atoms with Gasteiger partial charge in [0.2, 0.25) is 5.91 Å². The van der Waals surface area contributed by atoms with Gasteiger partial charge in [-0.3, -0.25) is 4.79 Å². The Morgan fingerprint density at radius 3 is 2.59 bits per heavy atom. The van der Waals surface area contributed by atoms with Gasteiger partial charge in [-0.2, -0.15) is 0 Å².